The van der Waals surface area contributed by atoms with Gasteiger partial charge >= 0.3 is 0 Å². The molecule has 7 heteroatoms. The highest BCUT2D eigenvalue weighted by molar-refractivity contribution is 6.30. The predicted molar refractivity (Wildman–Crippen MR) is 113 cm³/mol. The van der Waals surface area contributed by atoms with Crippen LogP contribution >= 0.6 is 11.6 Å². The van der Waals surface area contributed by atoms with Crippen molar-refractivity contribution in [3.8, 4) is 5.75 Å². The maximum absolute atomic E-state index is 12.9. The number of nitrogens with one attached hydrogen (secondary N) is 2. The van der Waals surface area contributed by atoms with Gasteiger partial charge in [0, 0.05) is 16.3 Å². The first kappa shape index (κ1) is 20.4. The number of halogens is 2. The average molecular weight is 412 g/mol. The normalized spacial score (nSPS) is 10.7. The van der Waals surface area contributed by atoms with Crippen LogP contribution in [0.4, 0.5) is 10.1 Å². The van der Waals surface area contributed by atoms with Gasteiger partial charge in [-0.25, -0.2) is 9.82 Å². The lowest BCUT2D eigenvalue weighted by molar-refractivity contribution is -0.119. The van der Waals surface area contributed by atoms with Crippen molar-refractivity contribution in [2.75, 3.05) is 11.9 Å². The zero-order valence-electron chi connectivity index (χ0n) is 15.4. The third-order valence-corrected chi connectivity index (χ3v) is 4.17. The summed E-state index contributed by atoms with van der Waals surface area (Å²) in [6, 6.07) is 20.5. The van der Waals surface area contributed by atoms with Crippen LogP contribution in [-0.2, 0) is 11.4 Å². The molecular formula is C22H19ClFN3O2. The van der Waals surface area contributed by atoms with E-state index in [-0.39, 0.29) is 18.3 Å². The van der Waals surface area contributed by atoms with Crippen LogP contribution < -0.4 is 15.5 Å². The van der Waals surface area contributed by atoms with E-state index in [1.165, 1.54) is 18.3 Å². The largest absolute Gasteiger partial charge is 0.488 e. The van der Waals surface area contributed by atoms with E-state index < -0.39 is 0 Å². The van der Waals surface area contributed by atoms with Gasteiger partial charge in [0.2, 0.25) is 0 Å². The number of amides is 1. The highest BCUT2D eigenvalue weighted by Gasteiger charge is 2.03. The number of hydrazone groups is 1. The first-order valence-corrected chi connectivity index (χ1v) is 9.25. The molecule has 0 aliphatic heterocycles. The monoisotopic (exact) mass is 411 g/mol. The van der Waals surface area contributed by atoms with E-state index in [9.17, 15) is 9.18 Å². The van der Waals surface area contributed by atoms with Gasteiger partial charge < -0.3 is 10.1 Å². The summed E-state index contributed by atoms with van der Waals surface area (Å²) in [4.78, 5) is 11.9. The third kappa shape index (κ3) is 6.62. The predicted octanol–water partition coefficient (Wildman–Crippen LogP) is 4.62. The SMILES string of the molecule is O=C(CNc1ccc(F)cc1)N/N=C\c1ccccc1OCc1ccc(Cl)cc1. The topological polar surface area (TPSA) is 62.7 Å². The van der Waals surface area contributed by atoms with Crippen molar-refractivity contribution in [3.63, 3.8) is 0 Å². The molecular weight excluding hydrogens is 393 g/mol. The Morgan fingerprint density at radius 1 is 1.03 bits per heavy atom. The second-order valence-corrected chi connectivity index (χ2v) is 6.54. The molecule has 0 atom stereocenters. The number of hydrogen-bond acceptors (Lipinski definition) is 4. The quantitative estimate of drug-likeness (QED) is 0.420. The van der Waals surface area contributed by atoms with Crippen LogP contribution in [0.3, 0.4) is 0 Å². The fourth-order valence-electron chi connectivity index (χ4n) is 2.42. The van der Waals surface area contributed by atoms with E-state index in [1.54, 1.807) is 12.1 Å². The summed E-state index contributed by atoms with van der Waals surface area (Å²) in [5.74, 6) is -0.0171. The Bertz CT molecular complexity index is 976. The fourth-order valence-corrected chi connectivity index (χ4v) is 2.55. The summed E-state index contributed by atoms with van der Waals surface area (Å²) in [7, 11) is 0. The lowest BCUT2D eigenvalue weighted by atomic mass is 10.2. The Morgan fingerprint density at radius 2 is 1.76 bits per heavy atom. The molecule has 0 aromatic heterocycles. The van der Waals surface area contributed by atoms with E-state index in [4.69, 9.17) is 16.3 Å². The Balaban J connectivity index is 1.51. The molecule has 0 aliphatic rings. The maximum atomic E-state index is 12.9. The zero-order valence-corrected chi connectivity index (χ0v) is 16.2. The molecule has 0 saturated heterocycles. The van der Waals surface area contributed by atoms with Gasteiger partial charge in [0.25, 0.3) is 5.91 Å². The van der Waals surface area contributed by atoms with Gasteiger partial charge in [0.05, 0.1) is 12.8 Å². The first-order valence-electron chi connectivity index (χ1n) is 8.88. The van der Waals surface area contributed by atoms with Crippen molar-refractivity contribution < 1.29 is 13.9 Å². The Labute approximate surface area is 173 Å². The summed E-state index contributed by atoms with van der Waals surface area (Å²) in [5, 5.41) is 7.53. The molecule has 3 aromatic rings. The van der Waals surface area contributed by atoms with Crippen LogP contribution in [0, 0.1) is 5.82 Å². The molecule has 1 amide bonds. The molecule has 3 rings (SSSR count). The average Bonchev–Trinajstić information content (AvgIpc) is 2.74. The number of benzene rings is 3. The van der Waals surface area contributed by atoms with E-state index in [1.807, 2.05) is 48.5 Å². The number of anilines is 1. The summed E-state index contributed by atoms with van der Waals surface area (Å²) in [6.07, 6.45) is 1.52. The van der Waals surface area contributed by atoms with Crippen LogP contribution in [-0.4, -0.2) is 18.7 Å². The van der Waals surface area contributed by atoms with E-state index in [0.29, 0.717) is 23.1 Å². The molecule has 29 heavy (non-hydrogen) atoms. The number of carbonyl (C=O) groups excluding carboxylic acids is 1. The number of carbonyl (C=O) groups is 1. The number of ether oxygens (including phenoxy) is 1. The summed E-state index contributed by atoms with van der Waals surface area (Å²) in [5.41, 5.74) is 4.81. The minimum Gasteiger partial charge on any atom is -0.488 e. The van der Waals surface area contributed by atoms with Crippen LogP contribution in [0.2, 0.25) is 5.02 Å². The molecule has 0 bridgehead atoms. The minimum absolute atomic E-state index is 0.0116. The van der Waals surface area contributed by atoms with Crippen molar-refractivity contribution >= 4 is 29.4 Å². The number of nitrogens with zero attached hydrogens (tertiary/aromatic N) is 1. The maximum Gasteiger partial charge on any atom is 0.259 e. The number of hydrogen-bond donors (Lipinski definition) is 2. The lowest BCUT2D eigenvalue weighted by Crippen LogP contribution is -2.25. The molecule has 0 fully saturated rings. The molecule has 0 radical (unpaired) electrons. The van der Waals surface area contributed by atoms with Gasteiger partial charge in [-0.15, -0.1) is 0 Å². The summed E-state index contributed by atoms with van der Waals surface area (Å²) >= 11 is 5.89. The first-order chi connectivity index (χ1) is 14.1. The van der Waals surface area contributed by atoms with Gasteiger partial charge in [0.15, 0.2) is 0 Å². The van der Waals surface area contributed by atoms with E-state index in [0.717, 1.165) is 11.1 Å². The van der Waals surface area contributed by atoms with Crippen molar-refractivity contribution in [1.82, 2.24) is 5.43 Å². The second-order valence-electron chi connectivity index (χ2n) is 6.11. The standard InChI is InChI=1S/C22H19ClFN3O2/c23-18-7-5-16(6-8-18)15-29-21-4-2-1-3-17(21)13-26-27-22(28)14-25-20-11-9-19(24)10-12-20/h1-13,25H,14-15H2,(H,27,28)/b26-13-. The van der Waals surface area contributed by atoms with Crippen LogP contribution in [0.5, 0.6) is 5.75 Å². The Hall–Kier alpha value is -3.38. The number of para-hydroxylation sites is 1. The molecule has 148 valence electrons. The molecule has 0 unspecified atom stereocenters. The van der Waals surface area contributed by atoms with E-state index in [2.05, 4.69) is 15.8 Å². The van der Waals surface area contributed by atoms with Crippen molar-refractivity contribution in [2.45, 2.75) is 6.61 Å². The van der Waals surface area contributed by atoms with Gasteiger partial charge in [-0.05, 0) is 54.1 Å². The van der Waals surface area contributed by atoms with Crippen LogP contribution in [0.25, 0.3) is 0 Å². The van der Waals surface area contributed by atoms with Crippen LogP contribution in [0.15, 0.2) is 77.9 Å². The third-order valence-electron chi connectivity index (χ3n) is 3.92. The highest BCUT2D eigenvalue weighted by Crippen LogP contribution is 2.18. The van der Waals surface area contributed by atoms with Crippen molar-refractivity contribution in [1.29, 1.82) is 0 Å². The second kappa shape index (κ2) is 10.2. The smallest absolute Gasteiger partial charge is 0.259 e. The summed E-state index contributed by atoms with van der Waals surface area (Å²) in [6.45, 7) is 0.396. The van der Waals surface area contributed by atoms with Crippen molar-refractivity contribution in [2.24, 2.45) is 5.10 Å². The number of rotatable bonds is 8. The van der Waals surface area contributed by atoms with E-state index >= 15 is 0 Å². The van der Waals surface area contributed by atoms with Gasteiger partial charge in [-0.2, -0.15) is 5.10 Å². The molecule has 3 aromatic carbocycles. The van der Waals surface area contributed by atoms with Gasteiger partial charge in [0.1, 0.15) is 18.2 Å². The minimum atomic E-state index is -0.332. The van der Waals surface area contributed by atoms with Gasteiger partial charge in [-0.3, -0.25) is 4.79 Å². The molecule has 0 saturated carbocycles. The highest BCUT2D eigenvalue weighted by atomic mass is 35.5. The Morgan fingerprint density at radius 3 is 2.52 bits per heavy atom. The molecule has 2 N–H and O–H groups in total. The van der Waals surface area contributed by atoms with Crippen molar-refractivity contribution in [3.05, 3.63) is 94.8 Å². The Kier molecular flexibility index (Phi) is 7.19. The van der Waals surface area contributed by atoms with Crippen LogP contribution in [0.1, 0.15) is 11.1 Å². The molecule has 0 spiro atoms. The zero-order chi connectivity index (χ0) is 20.5. The van der Waals surface area contributed by atoms with Gasteiger partial charge in [-0.1, -0.05) is 35.9 Å². The summed E-state index contributed by atoms with van der Waals surface area (Å²) < 4.78 is 18.7. The molecule has 5 nitrogen and oxygen atoms in total. The fraction of sp³-hybridized carbons (Fsp3) is 0.0909. The molecule has 0 heterocycles. The lowest BCUT2D eigenvalue weighted by Gasteiger charge is -2.09. The molecule has 0 aliphatic carbocycles.